The number of ether oxygens (including phenoxy) is 1. The molecule has 1 aromatic carbocycles. The summed E-state index contributed by atoms with van der Waals surface area (Å²) in [6.45, 7) is 1.13. The van der Waals surface area contributed by atoms with E-state index in [-0.39, 0.29) is 66.0 Å². The fourth-order valence-corrected chi connectivity index (χ4v) is 10.8. The van der Waals surface area contributed by atoms with Crippen molar-refractivity contribution in [3.8, 4) is 17.0 Å². The highest BCUT2D eigenvalue weighted by Gasteiger charge is 2.62. The van der Waals surface area contributed by atoms with E-state index in [1.165, 1.54) is 24.4 Å². The van der Waals surface area contributed by atoms with Crippen molar-refractivity contribution >= 4 is 28.7 Å². The molecule has 1 saturated heterocycles. The Balaban J connectivity index is 1.05. The van der Waals surface area contributed by atoms with E-state index in [2.05, 4.69) is 20.3 Å². The molecule has 3 aromatic heterocycles. The molecule has 0 spiro atoms. The van der Waals surface area contributed by atoms with E-state index < -0.39 is 52.6 Å². The van der Waals surface area contributed by atoms with E-state index in [1.807, 2.05) is 4.90 Å². The molecule has 1 aliphatic heterocycles. The van der Waals surface area contributed by atoms with Gasteiger partial charge in [0.25, 0.3) is 5.91 Å². The Bertz CT molecular complexity index is 2170. The minimum atomic E-state index is -5.12. The van der Waals surface area contributed by atoms with Crippen molar-refractivity contribution in [1.82, 2.24) is 24.8 Å². The molecule has 57 heavy (non-hydrogen) atoms. The number of piperidine rings is 1. The molecular weight excluding hydrogens is 754 g/mol. The zero-order chi connectivity index (χ0) is 39.9. The monoisotopic (exact) mass is 796 g/mol. The van der Waals surface area contributed by atoms with Gasteiger partial charge in [0.05, 0.1) is 16.8 Å². The lowest BCUT2D eigenvalue weighted by Gasteiger charge is -2.59. The van der Waals surface area contributed by atoms with Gasteiger partial charge in [0, 0.05) is 80.4 Å². The first-order chi connectivity index (χ1) is 27.2. The van der Waals surface area contributed by atoms with E-state index in [0.29, 0.717) is 74.9 Å². The summed E-state index contributed by atoms with van der Waals surface area (Å²) in [5.74, 6) is -5.60. The smallest absolute Gasteiger partial charge is 0.434 e. The molecule has 4 aromatic rings. The number of aliphatic carboxylic acids is 1. The van der Waals surface area contributed by atoms with E-state index in [9.17, 15) is 36.6 Å². The van der Waals surface area contributed by atoms with Gasteiger partial charge in [-0.05, 0) is 92.9 Å². The molecular formula is C41H42F6N6O4. The third-order valence-electron chi connectivity index (χ3n) is 13.3. The van der Waals surface area contributed by atoms with Gasteiger partial charge >= 0.3 is 12.1 Å². The molecule has 16 heteroatoms. The van der Waals surface area contributed by atoms with Crippen LogP contribution >= 0.6 is 0 Å². The van der Waals surface area contributed by atoms with E-state index in [1.54, 1.807) is 23.0 Å². The van der Waals surface area contributed by atoms with Crippen molar-refractivity contribution in [3.05, 3.63) is 66.0 Å². The van der Waals surface area contributed by atoms with Gasteiger partial charge in [-0.1, -0.05) is 0 Å². The Labute approximate surface area is 324 Å². The summed E-state index contributed by atoms with van der Waals surface area (Å²) in [5.41, 5.74) is -3.71. The second-order valence-electron chi connectivity index (χ2n) is 16.7. The van der Waals surface area contributed by atoms with Crippen molar-refractivity contribution in [1.29, 1.82) is 0 Å². The molecule has 302 valence electrons. The largest absolute Gasteiger partial charge is 0.487 e. The quantitative estimate of drug-likeness (QED) is 0.171. The van der Waals surface area contributed by atoms with Crippen LogP contribution in [0.1, 0.15) is 92.7 Å². The number of nitrogens with zero attached hydrogens (tertiary/aromatic N) is 5. The van der Waals surface area contributed by atoms with Crippen molar-refractivity contribution in [2.45, 2.75) is 100 Å². The van der Waals surface area contributed by atoms with Crippen LogP contribution < -0.4 is 15.0 Å². The standard InChI is InChI=1S/C41H42F6N6O4/c42-31-19-29-30(32-3-2-28(35(50-32)41(45,46)47)36(54)51-40(37(55)56)24-15-22-14-23(17-24)18-25(40)16-22)21-53(26-4-8-39(43,44)9-5-26)33(29)20-34(31)57-27-6-12-52(13-7-27)38-48-10-1-11-49-38/h1-3,10-11,19-27H,4-9,12-18H2,(H,51,54)(H,55,56). The fourth-order valence-electron chi connectivity index (χ4n) is 10.8. The zero-order valence-electron chi connectivity index (χ0n) is 31.0. The first-order valence-corrected chi connectivity index (χ1v) is 19.7. The number of benzene rings is 1. The van der Waals surface area contributed by atoms with Crippen LogP contribution in [-0.2, 0) is 11.0 Å². The van der Waals surface area contributed by atoms with Crippen molar-refractivity contribution in [3.63, 3.8) is 0 Å². The molecule has 0 atom stereocenters. The van der Waals surface area contributed by atoms with Gasteiger partial charge in [-0.2, -0.15) is 13.2 Å². The van der Waals surface area contributed by atoms with Crippen molar-refractivity contribution < 1.29 is 45.8 Å². The highest BCUT2D eigenvalue weighted by Crippen LogP contribution is 2.58. The number of pyridine rings is 1. The maximum absolute atomic E-state index is 16.0. The summed E-state index contributed by atoms with van der Waals surface area (Å²) in [4.78, 5) is 41.2. The second-order valence-corrected chi connectivity index (χ2v) is 16.7. The summed E-state index contributed by atoms with van der Waals surface area (Å²) < 4.78 is 97.0. The van der Waals surface area contributed by atoms with Gasteiger partial charge in [-0.25, -0.2) is 32.9 Å². The molecule has 5 saturated carbocycles. The van der Waals surface area contributed by atoms with E-state index in [4.69, 9.17) is 4.74 Å². The molecule has 10 nitrogen and oxygen atoms in total. The van der Waals surface area contributed by atoms with Gasteiger partial charge in [0.15, 0.2) is 17.3 Å². The third kappa shape index (κ3) is 6.75. The van der Waals surface area contributed by atoms with Crippen molar-refractivity contribution in [2.24, 2.45) is 23.7 Å². The van der Waals surface area contributed by atoms with Crippen LogP contribution in [-0.4, -0.2) is 67.2 Å². The number of carbonyl (C=O) groups is 2. The number of rotatable bonds is 8. The highest BCUT2D eigenvalue weighted by molar-refractivity contribution is 6.00. The van der Waals surface area contributed by atoms with Crippen LogP contribution in [0.3, 0.4) is 0 Å². The lowest BCUT2D eigenvalue weighted by atomic mass is 9.48. The molecule has 4 bridgehead atoms. The third-order valence-corrected chi connectivity index (χ3v) is 13.3. The molecule has 1 amide bonds. The molecule has 0 unspecified atom stereocenters. The van der Waals surface area contributed by atoms with Gasteiger partial charge in [0.1, 0.15) is 11.6 Å². The maximum Gasteiger partial charge on any atom is 0.434 e. The van der Waals surface area contributed by atoms with Crippen LogP contribution in [0.15, 0.2) is 48.9 Å². The minimum Gasteiger partial charge on any atom is -0.487 e. The van der Waals surface area contributed by atoms with E-state index in [0.717, 1.165) is 12.5 Å². The average molecular weight is 797 g/mol. The van der Waals surface area contributed by atoms with Crippen LogP contribution in [0.4, 0.5) is 32.3 Å². The van der Waals surface area contributed by atoms with E-state index >= 15 is 4.39 Å². The minimum absolute atomic E-state index is 0.0722. The topological polar surface area (TPSA) is 122 Å². The zero-order valence-corrected chi connectivity index (χ0v) is 31.0. The summed E-state index contributed by atoms with van der Waals surface area (Å²) in [6, 6.07) is 6.11. The Morgan fingerprint density at radius 3 is 2.18 bits per heavy atom. The number of nitrogens with one attached hydrogen (secondary N) is 1. The predicted molar refractivity (Wildman–Crippen MR) is 195 cm³/mol. The molecule has 6 aliphatic rings. The lowest BCUT2D eigenvalue weighted by molar-refractivity contribution is -0.163. The number of aromatic nitrogens is 4. The van der Waals surface area contributed by atoms with Crippen molar-refractivity contribution in [2.75, 3.05) is 18.0 Å². The van der Waals surface area contributed by atoms with Gasteiger partial charge in [-0.3, -0.25) is 4.79 Å². The number of hydrogen-bond donors (Lipinski definition) is 2. The first kappa shape index (κ1) is 37.7. The summed E-state index contributed by atoms with van der Waals surface area (Å²) in [7, 11) is 0. The Morgan fingerprint density at radius 2 is 1.56 bits per heavy atom. The number of halogens is 6. The number of anilines is 1. The first-order valence-electron chi connectivity index (χ1n) is 19.7. The van der Waals surface area contributed by atoms with Crippen LogP contribution in [0, 0.1) is 29.5 Å². The number of fused-ring (bicyclic) bond motifs is 1. The lowest BCUT2D eigenvalue weighted by Crippen LogP contribution is -2.70. The summed E-state index contributed by atoms with van der Waals surface area (Å²) in [5, 5.41) is 13.3. The SMILES string of the molecule is O=C(NC1(C(=O)O)C2CC3CC(C2)CC1C3)c1ccc(-c2cn(C3CCC(F)(F)CC3)c3cc(OC4CCN(c5ncccn5)CC4)c(F)cc23)nc1C(F)(F)F. The molecule has 10 rings (SSSR count). The molecule has 6 fully saturated rings. The Kier molecular flexibility index (Phi) is 9.18. The summed E-state index contributed by atoms with van der Waals surface area (Å²) in [6.07, 6.45) is 3.19. The summed E-state index contributed by atoms with van der Waals surface area (Å²) >= 11 is 0. The van der Waals surface area contributed by atoms with Gasteiger partial charge in [-0.15, -0.1) is 0 Å². The molecule has 4 heterocycles. The number of hydrogen-bond acceptors (Lipinski definition) is 7. The normalized spacial score (nSPS) is 27.5. The number of alkyl halides is 5. The highest BCUT2D eigenvalue weighted by atomic mass is 19.4. The Hall–Kier alpha value is -4.89. The number of amides is 1. The second kappa shape index (κ2) is 13.9. The number of carboxylic acid groups (broad SMARTS) is 1. The maximum atomic E-state index is 16.0. The Morgan fingerprint density at radius 1 is 0.912 bits per heavy atom. The average Bonchev–Trinajstić information content (AvgIpc) is 3.53. The predicted octanol–water partition coefficient (Wildman–Crippen LogP) is 8.46. The van der Waals surface area contributed by atoms with Gasteiger partial charge in [0.2, 0.25) is 11.9 Å². The molecule has 2 N–H and O–H groups in total. The fraction of sp³-hybridized carbons (Fsp3) is 0.537. The molecule has 5 aliphatic carbocycles. The van der Waals surface area contributed by atoms with Crippen LogP contribution in [0.2, 0.25) is 0 Å². The van der Waals surface area contributed by atoms with Crippen LogP contribution in [0.5, 0.6) is 5.75 Å². The van der Waals surface area contributed by atoms with Crippen LogP contribution in [0.25, 0.3) is 22.2 Å². The number of carbonyl (C=O) groups excluding carboxylic acids is 1. The number of carboxylic acids is 1. The molecule has 0 radical (unpaired) electrons. The van der Waals surface area contributed by atoms with Gasteiger partial charge < -0.3 is 24.6 Å².